The van der Waals surface area contributed by atoms with Gasteiger partial charge in [0.05, 0.1) is 5.92 Å². The minimum atomic E-state index is 0. The molecule has 4 heteroatoms. The molecule has 1 saturated carbocycles. The minimum absolute atomic E-state index is 0. The third kappa shape index (κ3) is 4.64. The Morgan fingerprint density at radius 1 is 1.16 bits per heavy atom. The van der Waals surface area contributed by atoms with E-state index >= 15 is 0 Å². The van der Waals surface area contributed by atoms with E-state index in [1.54, 1.807) is 0 Å². The molecule has 0 aromatic rings. The van der Waals surface area contributed by atoms with Crippen LogP contribution in [0.15, 0.2) is 0 Å². The molecule has 0 radical (unpaired) electrons. The van der Waals surface area contributed by atoms with Gasteiger partial charge < -0.3 is 10.6 Å². The van der Waals surface area contributed by atoms with Crippen LogP contribution in [-0.4, -0.2) is 25.0 Å². The summed E-state index contributed by atoms with van der Waals surface area (Å²) in [6.45, 7) is 6.34. The summed E-state index contributed by atoms with van der Waals surface area (Å²) in [5.41, 5.74) is 0. The van der Waals surface area contributed by atoms with Crippen LogP contribution in [0.25, 0.3) is 0 Å². The summed E-state index contributed by atoms with van der Waals surface area (Å²) in [7, 11) is 0. The van der Waals surface area contributed by atoms with Gasteiger partial charge in [0.2, 0.25) is 5.91 Å². The fourth-order valence-electron chi connectivity index (χ4n) is 3.42. The van der Waals surface area contributed by atoms with Crippen LogP contribution in [0, 0.1) is 17.8 Å². The first-order chi connectivity index (χ1) is 8.68. The molecule has 0 bridgehead atoms. The normalized spacial score (nSPS) is 27.4. The van der Waals surface area contributed by atoms with E-state index in [-0.39, 0.29) is 24.2 Å². The Kier molecular flexibility index (Phi) is 7.16. The zero-order valence-electron chi connectivity index (χ0n) is 12.3. The highest BCUT2D eigenvalue weighted by molar-refractivity contribution is 5.85. The maximum Gasteiger partial charge on any atom is 0.224 e. The molecule has 1 heterocycles. The molecule has 2 rings (SSSR count). The van der Waals surface area contributed by atoms with Crippen LogP contribution in [0.4, 0.5) is 0 Å². The van der Waals surface area contributed by atoms with Crippen molar-refractivity contribution in [3.05, 3.63) is 0 Å². The summed E-state index contributed by atoms with van der Waals surface area (Å²) in [5, 5.41) is 6.50. The number of carbonyl (C=O) groups excluding carboxylic acids is 1. The Morgan fingerprint density at radius 2 is 1.84 bits per heavy atom. The van der Waals surface area contributed by atoms with E-state index in [0.717, 1.165) is 25.4 Å². The molecule has 112 valence electrons. The predicted octanol–water partition coefficient (Wildman–Crippen LogP) is 2.74. The number of hydrogen-bond acceptors (Lipinski definition) is 2. The van der Waals surface area contributed by atoms with Crippen LogP contribution in [0.5, 0.6) is 0 Å². The third-order valence-electron chi connectivity index (χ3n) is 4.98. The fraction of sp³-hybridized carbons (Fsp3) is 0.933. The fourth-order valence-corrected chi connectivity index (χ4v) is 3.42. The van der Waals surface area contributed by atoms with Gasteiger partial charge >= 0.3 is 0 Å². The summed E-state index contributed by atoms with van der Waals surface area (Å²) in [4.78, 5) is 12.1. The Hall–Kier alpha value is -0.280. The molecule has 3 nitrogen and oxygen atoms in total. The van der Waals surface area contributed by atoms with Gasteiger partial charge in [-0.1, -0.05) is 39.0 Å². The number of amides is 1. The van der Waals surface area contributed by atoms with Crippen LogP contribution in [0.1, 0.15) is 52.4 Å². The average Bonchev–Trinajstić information content (AvgIpc) is 2.92. The van der Waals surface area contributed by atoms with Crippen molar-refractivity contribution in [2.24, 2.45) is 17.8 Å². The molecule has 2 N–H and O–H groups in total. The molecule has 0 aromatic heterocycles. The van der Waals surface area contributed by atoms with E-state index in [9.17, 15) is 4.79 Å². The quantitative estimate of drug-likeness (QED) is 0.835. The lowest BCUT2D eigenvalue weighted by atomic mass is 9.78. The van der Waals surface area contributed by atoms with Gasteiger partial charge in [-0.3, -0.25) is 4.79 Å². The second-order valence-corrected chi connectivity index (χ2v) is 6.24. The first kappa shape index (κ1) is 16.8. The molecule has 1 aliphatic carbocycles. The molecule has 1 aliphatic heterocycles. The Morgan fingerprint density at radius 3 is 2.42 bits per heavy atom. The summed E-state index contributed by atoms with van der Waals surface area (Å²) < 4.78 is 0. The minimum Gasteiger partial charge on any atom is -0.353 e. The van der Waals surface area contributed by atoms with Crippen LogP contribution in [0.3, 0.4) is 0 Å². The Bertz CT molecular complexity index is 273. The molecule has 3 unspecified atom stereocenters. The standard InChI is InChI=1S/C15H28N2O.ClH/c1-11(13-6-4-3-5-7-13)12(2)17-15(18)14-8-9-16-10-14;/h11-14,16H,3-10H2,1-2H3,(H,17,18);1H. The molecule has 19 heavy (non-hydrogen) atoms. The van der Waals surface area contributed by atoms with Gasteiger partial charge in [0, 0.05) is 12.6 Å². The van der Waals surface area contributed by atoms with Crippen LogP contribution < -0.4 is 10.6 Å². The maximum atomic E-state index is 12.1. The second kappa shape index (κ2) is 8.11. The van der Waals surface area contributed by atoms with Gasteiger partial charge in [0.25, 0.3) is 0 Å². The molecule has 2 aliphatic rings. The lowest BCUT2D eigenvalue weighted by molar-refractivity contribution is -0.125. The number of nitrogens with one attached hydrogen (secondary N) is 2. The van der Waals surface area contributed by atoms with Crippen molar-refractivity contribution in [1.82, 2.24) is 10.6 Å². The average molecular weight is 289 g/mol. The van der Waals surface area contributed by atoms with Crippen LogP contribution in [0.2, 0.25) is 0 Å². The second-order valence-electron chi connectivity index (χ2n) is 6.24. The number of rotatable bonds is 4. The highest BCUT2D eigenvalue weighted by Gasteiger charge is 2.28. The molecule has 3 atom stereocenters. The van der Waals surface area contributed by atoms with E-state index in [1.165, 1.54) is 32.1 Å². The smallest absolute Gasteiger partial charge is 0.224 e. The maximum absolute atomic E-state index is 12.1. The van der Waals surface area contributed by atoms with Crippen molar-refractivity contribution in [2.45, 2.75) is 58.4 Å². The zero-order valence-corrected chi connectivity index (χ0v) is 13.1. The lowest BCUT2D eigenvalue weighted by Gasteiger charge is -2.32. The summed E-state index contributed by atoms with van der Waals surface area (Å²) in [5.74, 6) is 1.89. The van der Waals surface area contributed by atoms with Crippen molar-refractivity contribution in [1.29, 1.82) is 0 Å². The van der Waals surface area contributed by atoms with Crippen molar-refractivity contribution in [3.8, 4) is 0 Å². The van der Waals surface area contributed by atoms with Crippen molar-refractivity contribution >= 4 is 18.3 Å². The zero-order chi connectivity index (χ0) is 13.0. The van der Waals surface area contributed by atoms with Gasteiger partial charge in [0.15, 0.2) is 0 Å². The molecular formula is C15H29ClN2O. The number of hydrogen-bond donors (Lipinski definition) is 2. The Labute approximate surface area is 123 Å². The monoisotopic (exact) mass is 288 g/mol. The van der Waals surface area contributed by atoms with Crippen LogP contribution >= 0.6 is 12.4 Å². The van der Waals surface area contributed by atoms with E-state index in [4.69, 9.17) is 0 Å². The molecule has 2 fully saturated rings. The predicted molar refractivity (Wildman–Crippen MR) is 81.6 cm³/mol. The molecule has 1 amide bonds. The van der Waals surface area contributed by atoms with E-state index in [2.05, 4.69) is 24.5 Å². The highest BCUT2D eigenvalue weighted by atomic mass is 35.5. The molecular weight excluding hydrogens is 260 g/mol. The van der Waals surface area contributed by atoms with Crippen molar-refractivity contribution in [2.75, 3.05) is 13.1 Å². The third-order valence-corrected chi connectivity index (χ3v) is 4.98. The van der Waals surface area contributed by atoms with Gasteiger partial charge in [-0.15, -0.1) is 12.4 Å². The van der Waals surface area contributed by atoms with E-state index < -0.39 is 0 Å². The SMILES string of the molecule is CC(NC(=O)C1CCNC1)C(C)C1CCCCC1.Cl. The topological polar surface area (TPSA) is 41.1 Å². The van der Waals surface area contributed by atoms with E-state index in [0.29, 0.717) is 12.0 Å². The summed E-state index contributed by atoms with van der Waals surface area (Å²) >= 11 is 0. The molecule has 1 saturated heterocycles. The van der Waals surface area contributed by atoms with Gasteiger partial charge in [0.1, 0.15) is 0 Å². The van der Waals surface area contributed by atoms with Crippen LogP contribution in [-0.2, 0) is 4.79 Å². The largest absolute Gasteiger partial charge is 0.353 e. The van der Waals surface area contributed by atoms with Gasteiger partial charge in [-0.25, -0.2) is 0 Å². The van der Waals surface area contributed by atoms with Crippen molar-refractivity contribution in [3.63, 3.8) is 0 Å². The first-order valence-electron chi connectivity index (χ1n) is 7.69. The van der Waals surface area contributed by atoms with Crippen molar-refractivity contribution < 1.29 is 4.79 Å². The summed E-state index contributed by atoms with van der Waals surface area (Å²) in [6, 6.07) is 0.321. The van der Waals surface area contributed by atoms with E-state index in [1.807, 2.05) is 0 Å². The van der Waals surface area contributed by atoms with Gasteiger partial charge in [-0.05, 0) is 31.7 Å². The van der Waals surface area contributed by atoms with Gasteiger partial charge in [-0.2, -0.15) is 0 Å². The molecule has 0 aromatic carbocycles. The summed E-state index contributed by atoms with van der Waals surface area (Å²) in [6.07, 6.45) is 7.86. The number of carbonyl (C=O) groups is 1. The first-order valence-corrected chi connectivity index (χ1v) is 7.69. The molecule has 0 spiro atoms. The highest BCUT2D eigenvalue weighted by Crippen LogP contribution is 2.31. The Balaban J connectivity index is 0.00000180. The number of halogens is 1. The lowest BCUT2D eigenvalue weighted by Crippen LogP contribution is -2.43.